The Morgan fingerprint density at radius 2 is 2.06 bits per heavy atom. The Kier molecular flexibility index (Phi) is 4.95. The molecular weight excluding hydrogens is 204 g/mol. The highest BCUT2D eigenvalue weighted by atomic mass is 16.5. The average molecular weight is 222 g/mol. The van der Waals surface area contributed by atoms with Gasteiger partial charge in [-0.3, -0.25) is 10.1 Å². The van der Waals surface area contributed by atoms with Crippen LogP contribution >= 0.6 is 0 Å². The standard InChI is InChI=1S/C12H18N2O2/c1-9(12(13)15)14-11(8-16-2)10-6-4-3-5-7-10/h3-7,9,11,14H,8H2,1-2H3,(H2,13,15). The van der Waals surface area contributed by atoms with Crippen molar-refractivity contribution < 1.29 is 9.53 Å². The van der Waals surface area contributed by atoms with Crippen LogP contribution in [0, 0.1) is 0 Å². The Morgan fingerprint density at radius 1 is 1.44 bits per heavy atom. The molecule has 0 saturated heterocycles. The summed E-state index contributed by atoms with van der Waals surface area (Å²) in [6.45, 7) is 2.25. The maximum atomic E-state index is 11.0. The third-order valence-corrected chi connectivity index (χ3v) is 2.41. The van der Waals surface area contributed by atoms with E-state index in [4.69, 9.17) is 10.5 Å². The number of primary amides is 1. The normalized spacial score (nSPS) is 14.4. The van der Waals surface area contributed by atoms with Gasteiger partial charge in [-0.1, -0.05) is 30.3 Å². The number of rotatable bonds is 6. The molecule has 0 aliphatic carbocycles. The van der Waals surface area contributed by atoms with Crippen molar-refractivity contribution in [2.24, 2.45) is 5.73 Å². The SMILES string of the molecule is COCC(NC(C)C(N)=O)c1ccccc1. The van der Waals surface area contributed by atoms with E-state index in [0.717, 1.165) is 5.56 Å². The van der Waals surface area contributed by atoms with E-state index >= 15 is 0 Å². The molecule has 16 heavy (non-hydrogen) atoms. The number of carbonyl (C=O) groups is 1. The lowest BCUT2D eigenvalue weighted by atomic mass is 10.1. The molecule has 1 aromatic rings. The monoisotopic (exact) mass is 222 g/mol. The van der Waals surface area contributed by atoms with Crippen LogP contribution in [0.2, 0.25) is 0 Å². The van der Waals surface area contributed by atoms with Crippen LogP contribution in [0.3, 0.4) is 0 Å². The molecule has 4 heteroatoms. The molecular formula is C12H18N2O2. The number of methoxy groups -OCH3 is 1. The van der Waals surface area contributed by atoms with E-state index in [2.05, 4.69) is 5.32 Å². The van der Waals surface area contributed by atoms with Gasteiger partial charge in [-0.15, -0.1) is 0 Å². The van der Waals surface area contributed by atoms with Crippen LogP contribution in [0.25, 0.3) is 0 Å². The van der Waals surface area contributed by atoms with Crippen LogP contribution < -0.4 is 11.1 Å². The van der Waals surface area contributed by atoms with Gasteiger partial charge in [0.15, 0.2) is 0 Å². The largest absolute Gasteiger partial charge is 0.383 e. The molecule has 0 aliphatic heterocycles. The molecule has 1 rings (SSSR count). The van der Waals surface area contributed by atoms with Crippen LogP contribution in [-0.2, 0) is 9.53 Å². The highest BCUT2D eigenvalue weighted by Crippen LogP contribution is 2.13. The van der Waals surface area contributed by atoms with E-state index in [1.54, 1.807) is 14.0 Å². The zero-order valence-corrected chi connectivity index (χ0v) is 9.64. The van der Waals surface area contributed by atoms with Crippen molar-refractivity contribution in [1.82, 2.24) is 5.32 Å². The maximum Gasteiger partial charge on any atom is 0.234 e. The molecule has 2 unspecified atom stereocenters. The number of carbonyl (C=O) groups excluding carboxylic acids is 1. The Hall–Kier alpha value is -1.39. The molecule has 0 radical (unpaired) electrons. The number of nitrogens with one attached hydrogen (secondary N) is 1. The fraction of sp³-hybridized carbons (Fsp3) is 0.417. The lowest BCUT2D eigenvalue weighted by Crippen LogP contribution is -2.42. The second kappa shape index (κ2) is 6.25. The fourth-order valence-corrected chi connectivity index (χ4v) is 1.48. The molecule has 2 atom stereocenters. The van der Waals surface area contributed by atoms with Crippen LogP contribution in [0.5, 0.6) is 0 Å². The zero-order valence-electron chi connectivity index (χ0n) is 9.64. The van der Waals surface area contributed by atoms with Gasteiger partial charge in [0.05, 0.1) is 18.7 Å². The number of nitrogens with two attached hydrogens (primary N) is 1. The predicted octanol–water partition coefficient (Wildman–Crippen LogP) is 0.838. The molecule has 1 amide bonds. The molecule has 88 valence electrons. The second-order valence-electron chi connectivity index (χ2n) is 3.71. The highest BCUT2D eigenvalue weighted by Gasteiger charge is 2.16. The summed E-state index contributed by atoms with van der Waals surface area (Å²) in [4.78, 5) is 11.0. The lowest BCUT2D eigenvalue weighted by molar-refractivity contribution is -0.119. The van der Waals surface area contributed by atoms with E-state index in [-0.39, 0.29) is 18.0 Å². The van der Waals surface area contributed by atoms with Gasteiger partial charge in [0.25, 0.3) is 0 Å². The van der Waals surface area contributed by atoms with Gasteiger partial charge in [-0.25, -0.2) is 0 Å². The van der Waals surface area contributed by atoms with Gasteiger partial charge in [-0.2, -0.15) is 0 Å². The summed E-state index contributed by atoms with van der Waals surface area (Å²) >= 11 is 0. The van der Waals surface area contributed by atoms with Crippen LogP contribution in [-0.4, -0.2) is 25.7 Å². The molecule has 4 nitrogen and oxygen atoms in total. The molecule has 3 N–H and O–H groups in total. The summed E-state index contributed by atoms with van der Waals surface area (Å²) in [7, 11) is 1.63. The lowest BCUT2D eigenvalue weighted by Gasteiger charge is -2.21. The first-order chi connectivity index (χ1) is 7.65. The average Bonchev–Trinajstić information content (AvgIpc) is 2.29. The molecule has 0 saturated carbocycles. The van der Waals surface area contributed by atoms with Crippen LogP contribution in [0.1, 0.15) is 18.5 Å². The van der Waals surface area contributed by atoms with E-state index in [1.165, 1.54) is 0 Å². The molecule has 1 aromatic carbocycles. The first-order valence-corrected chi connectivity index (χ1v) is 5.24. The first-order valence-electron chi connectivity index (χ1n) is 5.24. The molecule has 0 fully saturated rings. The third-order valence-electron chi connectivity index (χ3n) is 2.41. The summed E-state index contributed by atoms with van der Waals surface area (Å²) in [5, 5.41) is 3.13. The first kappa shape index (κ1) is 12.7. The van der Waals surface area contributed by atoms with Crippen LogP contribution in [0.15, 0.2) is 30.3 Å². The third kappa shape index (κ3) is 3.64. The molecule has 0 aliphatic rings. The molecule has 0 aromatic heterocycles. The quantitative estimate of drug-likeness (QED) is 0.749. The number of benzene rings is 1. The number of ether oxygens (including phenoxy) is 1. The van der Waals surface area contributed by atoms with Crippen molar-refractivity contribution in [2.75, 3.05) is 13.7 Å². The number of hydrogen-bond donors (Lipinski definition) is 2. The Bertz CT molecular complexity index is 327. The number of hydrogen-bond acceptors (Lipinski definition) is 3. The topological polar surface area (TPSA) is 64.3 Å². The fourth-order valence-electron chi connectivity index (χ4n) is 1.48. The minimum absolute atomic E-state index is 0.0197. The van der Waals surface area contributed by atoms with Crippen molar-refractivity contribution in [3.8, 4) is 0 Å². The molecule has 0 bridgehead atoms. The zero-order chi connectivity index (χ0) is 12.0. The van der Waals surface area contributed by atoms with E-state index in [9.17, 15) is 4.79 Å². The molecule has 0 heterocycles. The van der Waals surface area contributed by atoms with Crippen molar-refractivity contribution >= 4 is 5.91 Å². The Labute approximate surface area is 95.8 Å². The summed E-state index contributed by atoms with van der Waals surface area (Å²) in [5.74, 6) is -0.364. The van der Waals surface area contributed by atoms with Crippen molar-refractivity contribution in [3.05, 3.63) is 35.9 Å². The second-order valence-corrected chi connectivity index (χ2v) is 3.71. The Morgan fingerprint density at radius 3 is 2.56 bits per heavy atom. The summed E-state index contributed by atoms with van der Waals surface area (Å²) in [5.41, 5.74) is 6.30. The Balaban J connectivity index is 2.72. The maximum absolute atomic E-state index is 11.0. The number of amides is 1. The summed E-state index contributed by atoms with van der Waals surface area (Å²) in [6, 6.07) is 9.44. The van der Waals surface area contributed by atoms with Gasteiger partial charge in [0.2, 0.25) is 5.91 Å². The van der Waals surface area contributed by atoms with Crippen molar-refractivity contribution in [3.63, 3.8) is 0 Å². The molecule has 0 spiro atoms. The summed E-state index contributed by atoms with van der Waals surface area (Å²) in [6.07, 6.45) is 0. The van der Waals surface area contributed by atoms with Crippen LogP contribution in [0.4, 0.5) is 0 Å². The highest BCUT2D eigenvalue weighted by molar-refractivity contribution is 5.79. The summed E-state index contributed by atoms with van der Waals surface area (Å²) < 4.78 is 5.12. The van der Waals surface area contributed by atoms with Gasteiger partial charge >= 0.3 is 0 Å². The van der Waals surface area contributed by atoms with Crippen molar-refractivity contribution in [1.29, 1.82) is 0 Å². The smallest absolute Gasteiger partial charge is 0.234 e. The van der Waals surface area contributed by atoms with Gasteiger partial charge in [-0.05, 0) is 12.5 Å². The van der Waals surface area contributed by atoms with Gasteiger partial charge in [0.1, 0.15) is 0 Å². The van der Waals surface area contributed by atoms with E-state index < -0.39 is 0 Å². The minimum atomic E-state index is -0.375. The van der Waals surface area contributed by atoms with Crippen molar-refractivity contribution in [2.45, 2.75) is 19.0 Å². The van der Waals surface area contributed by atoms with Gasteiger partial charge in [0, 0.05) is 7.11 Å². The van der Waals surface area contributed by atoms with E-state index in [0.29, 0.717) is 6.61 Å². The minimum Gasteiger partial charge on any atom is -0.383 e. The van der Waals surface area contributed by atoms with E-state index in [1.807, 2.05) is 30.3 Å². The van der Waals surface area contributed by atoms with Gasteiger partial charge < -0.3 is 10.5 Å². The predicted molar refractivity (Wildman–Crippen MR) is 62.9 cm³/mol.